The highest BCUT2D eigenvalue weighted by atomic mass is 32.2. The molecule has 1 amide bonds. The molecule has 1 atom stereocenters. The zero-order chi connectivity index (χ0) is 13.7. The number of hydrogen-bond donors (Lipinski definition) is 1. The number of benzene rings is 1. The molecule has 19 heavy (non-hydrogen) atoms. The quantitative estimate of drug-likeness (QED) is 0.841. The number of carbonyl (C=O) groups is 1. The molecule has 0 bridgehead atoms. The van der Waals surface area contributed by atoms with Crippen molar-refractivity contribution in [3.8, 4) is 5.75 Å². The summed E-state index contributed by atoms with van der Waals surface area (Å²) in [5, 5.41) is 3.05. The molecule has 1 aromatic carbocycles. The van der Waals surface area contributed by atoms with E-state index in [1.54, 1.807) is 18.7 Å². The fraction of sp³-hybridized carbons (Fsp3) is 0.533. The number of nitrogens with one attached hydrogen (secondary N) is 1. The molecule has 4 heteroatoms. The van der Waals surface area contributed by atoms with E-state index in [1.807, 2.05) is 30.5 Å². The van der Waals surface area contributed by atoms with Crippen LogP contribution in [0.25, 0.3) is 0 Å². The largest absolute Gasteiger partial charge is 0.481 e. The smallest absolute Gasteiger partial charge is 0.260 e. The van der Waals surface area contributed by atoms with Gasteiger partial charge >= 0.3 is 0 Å². The Bertz CT molecular complexity index is 413. The van der Waals surface area contributed by atoms with Gasteiger partial charge in [-0.3, -0.25) is 4.79 Å². The summed E-state index contributed by atoms with van der Waals surface area (Å²) in [5.41, 5.74) is 0. The molecule has 1 aliphatic rings. The van der Waals surface area contributed by atoms with Crippen LogP contribution < -0.4 is 10.1 Å². The first kappa shape index (κ1) is 14.3. The Labute approximate surface area is 119 Å². The standard InChI is InChI=1S/C15H21NO2S/c1-11(15(17)16-12-5-3-4-6-12)18-13-7-9-14(19-2)10-8-13/h7-12H,3-6H2,1-2H3,(H,16,17). The van der Waals surface area contributed by atoms with E-state index in [9.17, 15) is 4.79 Å². The van der Waals surface area contributed by atoms with Crippen molar-refractivity contribution in [2.45, 2.75) is 49.6 Å². The summed E-state index contributed by atoms with van der Waals surface area (Å²) in [7, 11) is 0. The monoisotopic (exact) mass is 279 g/mol. The Morgan fingerprint density at radius 1 is 1.32 bits per heavy atom. The summed E-state index contributed by atoms with van der Waals surface area (Å²) >= 11 is 1.69. The minimum atomic E-state index is -0.444. The topological polar surface area (TPSA) is 38.3 Å². The summed E-state index contributed by atoms with van der Waals surface area (Å²) in [5.74, 6) is 0.729. The second-order valence-corrected chi connectivity index (χ2v) is 5.81. The van der Waals surface area contributed by atoms with Gasteiger partial charge < -0.3 is 10.1 Å². The van der Waals surface area contributed by atoms with Crippen LogP contribution in [0, 0.1) is 0 Å². The first-order chi connectivity index (χ1) is 9.19. The third-order valence-corrected chi connectivity index (χ3v) is 4.19. The van der Waals surface area contributed by atoms with E-state index in [-0.39, 0.29) is 5.91 Å². The van der Waals surface area contributed by atoms with Crippen molar-refractivity contribution in [3.63, 3.8) is 0 Å². The average Bonchev–Trinajstić information content (AvgIpc) is 2.92. The van der Waals surface area contributed by atoms with Gasteiger partial charge in [-0.1, -0.05) is 12.8 Å². The Balaban J connectivity index is 1.84. The lowest BCUT2D eigenvalue weighted by molar-refractivity contribution is -0.127. The van der Waals surface area contributed by atoms with Crippen LogP contribution in [-0.2, 0) is 4.79 Å². The van der Waals surface area contributed by atoms with E-state index in [4.69, 9.17) is 4.74 Å². The van der Waals surface area contributed by atoms with Crippen LogP contribution in [0.1, 0.15) is 32.6 Å². The molecule has 1 N–H and O–H groups in total. The van der Waals surface area contributed by atoms with Crippen molar-refractivity contribution in [1.82, 2.24) is 5.32 Å². The van der Waals surface area contributed by atoms with Gasteiger partial charge in [-0.25, -0.2) is 0 Å². The molecule has 104 valence electrons. The van der Waals surface area contributed by atoms with Crippen molar-refractivity contribution in [3.05, 3.63) is 24.3 Å². The minimum absolute atomic E-state index is 0.0131. The zero-order valence-electron chi connectivity index (χ0n) is 11.5. The molecule has 1 aromatic rings. The van der Waals surface area contributed by atoms with E-state index < -0.39 is 6.10 Å². The number of carbonyl (C=O) groups excluding carboxylic acids is 1. The second kappa shape index (κ2) is 6.85. The summed E-state index contributed by atoms with van der Waals surface area (Å²) in [6.07, 6.45) is 6.22. The Morgan fingerprint density at radius 3 is 2.53 bits per heavy atom. The molecule has 1 unspecified atom stereocenters. The lowest BCUT2D eigenvalue weighted by Gasteiger charge is -2.18. The second-order valence-electron chi connectivity index (χ2n) is 4.93. The molecule has 1 aliphatic carbocycles. The minimum Gasteiger partial charge on any atom is -0.481 e. The third-order valence-electron chi connectivity index (χ3n) is 3.44. The van der Waals surface area contributed by atoms with Crippen molar-refractivity contribution < 1.29 is 9.53 Å². The Morgan fingerprint density at radius 2 is 1.95 bits per heavy atom. The summed E-state index contributed by atoms with van der Waals surface area (Å²) in [6.45, 7) is 1.80. The molecule has 1 fully saturated rings. The Kier molecular flexibility index (Phi) is 5.14. The predicted molar refractivity (Wildman–Crippen MR) is 78.7 cm³/mol. The molecule has 0 aliphatic heterocycles. The number of rotatable bonds is 5. The van der Waals surface area contributed by atoms with Crippen molar-refractivity contribution in [2.24, 2.45) is 0 Å². The number of ether oxygens (including phenoxy) is 1. The molecule has 0 radical (unpaired) electrons. The molecule has 0 aromatic heterocycles. The summed E-state index contributed by atoms with van der Waals surface area (Å²) in [6, 6.07) is 8.16. The van der Waals surface area contributed by atoms with Crippen LogP contribution in [0.3, 0.4) is 0 Å². The molecule has 0 heterocycles. The fourth-order valence-electron chi connectivity index (χ4n) is 2.30. The average molecular weight is 279 g/mol. The van der Waals surface area contributed by atoms with E-state index in [2.05, 4.69) is 5.32 Å². The van der Waals surface area contributed by atoms with E-state index in [1.165, 1.54) is 17.7 Å². The third kappa shape index (κ3) is 4.16. The van der Waals surface area contributed by atoms with Crippen LogP contribution in [0.2, 0.25) is 0 Å². The fourth-order valence-corrected chi connectivity index (χ4v) is 2.71. The molecular formula is C15H21NO2S. The van der Waals surface area contributed by atoms with Gasteiger partial charge in [0.05, 0.1) is 0 Å². The first-order valence-corrected chi connectivity index (χ1v) is 8.02. The molecule has 1 saturated carbocycles. The Hall–Kier alpha value is -1.16. The maximum Gasteiger partial charge on any atom is 0.260 e. The van der Waals surface area contributed by atoms with Crippen molar-refractivity contribution in [2.75, 3.05) is 6.26 Å². The highest BCUT2D eigenvalue weighted by Crippen LogP contribution is 2.20. The van der Waals surface area contributed by atoms with Gasteiger partial charge in [0.1, 0.15) is 5.75 Å². The van der Waals surface area contributed by atoms with E-state index >= 15 is 0 Å². The first-order valence-electron chi connectivity index (χ1n) is 6.80. The molecule has 2 rings (SSSR count). The van der Waals surface area contributed by atoms with Crippen molar-refractivity contribution in [1.29, 1.82) is 0 Å². The van der Waals surface area contributed by atoms with Gasteiger partial charge in [-0.2, -0.15) is 0 Å². The highest BCUT2D eigenvalue weighted by molar-refractivity contribution is 7.98. The zero-order valence-corrected chi connectivity index (χ0v) is 12.3. The van der Waals surface area contributed by atoms with E-state index in [0.29, 0.717) is 6.04 Å². The summed E-state index contributed by atoms with van der Waals surface area (Å²) in [4.78, 5) is 13.2. The summed E-state index contributed by atoms with van der Waals surface area (Å²) < 4.78 is 5.66. The van der Waals surface area contributed by atoms with E-state index in [0.717, 1.165) is 18.6 Å². The van der Waals surface area contributed by atoms with Crippen LogP contribution in [0.4, 0.5) is 0 Å². The van der Waals surface area contributed by atoms with Crippen molar-refractivity contribution >= 4 is 17.7 Å². The normalized spacial score (nSPS) is 17.2. The maximum atomic E-state index is 12.0. The van der Waals surface area contributed by atoms with Gasteiger partial charge in [0, 0.05) is 10.9 Å². The number of thioether (sulfide) groups is 1. The predicted octanol–water partition coefficient (Wildman–Crippen LogP) is 3.23. The van der Waals surface area contributed by atoms with Crippen LogP contribution in [0.15, 0.2) is 29.2 Å². The number of hydrogen-bond acceptors (Lipinski definition) is 3. The maximum absolute atomic E-state index is 12.0. The number of amides is 1. The lowest BCUT2D eigenvalue weighted by atomic mass is 10.2. The molecule has 3 nitrogen and oxygen atoms in total. The van der Waals surface area contributed by atoms with Crippen LogP contribution in [0.5, 0.6) is 5.75 Å². The molecule has 0 saturated heterocycles. The molecular weight excluding hydrogens is 258 g/mol. The molecule has 0 spiro atoms. The van der Waals surface area contributed by atoms with Gasteiger partial charge in [0.2, 0.25) is 0 Å². The van der Waals surface area contributed by atoms with Gasteiger partial charge in [-0.05, 0) is 50.3 Å². The van der Waals surface area contributed by atoms with Gasteiger partial charge in [0.15, 0.2) is 6.10 Å². The lowest BCUT2D eigenvalue weighted by Crippen LogP contribution is -2.41. The van der Waals surface area contributed by atoms with Gasteiger partial charge in [0.25, 0.3) is 5.91 Å². The highest BCUT2D eigenvalue weighted by Gasteiger charge is 2.21. The van der Waals surface area contributed by atoms with Crippen LogP contribution >= 0.6 is 11.8 Å². The van der Waals surface area contributed by atoms with Gasteiger partial charge in [-0.15, -0.1) is 11.8 Å². The SMILES string of the molecule is CSc1ccc(OC(C)C(=O)NC2CCCC2)cc1. The van der Waals surface area contributed by atoms with Crippen LogP contribution in [-0.4, -0.2) is 24.3 Å².